The quantitative estimate of drug-likeness (QED) is 0.656. The molecule has 0 aliphatic heterocycles. The van der Waals surface area contributed by atoms with Crippen LogP contribution in [0.15, 0.2) is 54.6 Å². The Hall–Kier alpha value is -2.89. The molecule has 1 amide bonds. The van der Waals surface area contributed by atoms with Crippen molar-refractivity contribution in [3.8, 4) is 0 Å². The van der Waals surface area contributed by atoms with Crippen LogP contribution in [0.4, 0.5) is 11.4 Å². The zero-order valence-electron chi connectivity index (χ0n) is 11.7. The Bertz CT molecular complexity index is 686. The Kier molecular flexibility index (Phi) is 3.74. The topological polar surface area (TPSA) is 84.3 Å². The number of nitrogens with zero attached hydrogens (tertiary/aromatic N) is 1. The van der Waals surface area contributed by atoms with Crippen molar-refractivity contribution >= 4 is 17.3 Å². The van der Waals surface area contributed by atoms with Crippen molar-refractivity contribution in [1.29, 1.82) is 0 Å². The van der Waals surface area contributed by atoms with Gasteiger partial charge in [-0.2, -0.15) is 0 Å². The number of anilines is 1. The zero-order valence-corrected chi connectivity index (χ0v) is 11.7. The molecule has 2 atom stereocenters. The van der Waals surface area contributed by atoms with Crippen molar-refractivity contribution in [2.24, 2.45) is 5.92 Å². The van der Waals surface area contributed by atoms with Gasteiger partial charge in [0, 0.05) is 18.1 Å². The van der Waals surface area contributed by atoms with Gasteiger partial charge in [0.05, 0.1) is 10.6 Å². The molecule has 22 heavy (non-hydrogen) atoms. The molecular weight excluding hydrogens is 282 g/mol. The summed E-state index contributed by atoms with van der Waals surface area (Å²) in [5.74, 6) is 0.194. The van der Waals surface area contributed by atoms with E-state index in [-0.39, 0.29) is 23.4 Å². The number of hydrazine groups is 1. The smallest absolute Gasteiger partial charge is 0.269 e. The van der Waals surface area contributed by atoms with Crippen LogP contribution in [0.3, 0.4) is 0 Å². The van der Waals surface area contributed by atoms with Crippen LogP contribution in [0.2, 0.25) is 0 Å². The van der Waals surface area contributed by atoms with Gasteiger partial charge in [-0.05, 0) is 30.0 Å². The molecule has 0 radical (unpaired) electrons. The van der Waals surface area contributed by atoms with Crippen LogP contribution < -0.4 is 10.9 Å². The highest BCUT2D eigenvalue weighted by atomic mass is 16.6. The molecular formula is C16H15N3O3. The summed E-state index contributed by atoms with van der Waals surface area (Å²) < 4.78 is 0. The number of rotatable bonds is 5. The minimum Gasteiger partial charge on any atom is -0.299 e. The van der Waals surface area contributed by atoms with Crippen molar-refractivity contribution in [3.05, 3.63) is 70.3 Å². The number of non-ortho nitro benzene ring substituents is 1. The number of nitro groups is 1. The number of amides is 1. The Morgan fingerprint density at radius 1 is 1.09 bits per heavy atom. The summed E-state index contributed by atoms with van der Waals surface area (Å²) >= 11 is 0. The molecule has 0 spiro atoms. The summed E-state index contributed by atoms with van der Waals surface area (Å²) in [6.45, 7) is 0. The number of carbonyl (C=O) groups is 1. The second-order valence-corrected chi connectivity index (χ2v) is 5.28. The fourth-order valence-corrected chi connectivity index (χ4v) is 2.45. The second-order valence-electron chi connectivity index (χ2n) is 5.28. The summed E-state index contributed by atoms with van der Waals surface area (Å²) in [7, 11) is 0. The molecule has 2 aromatic carbocycles. The van der Waals surface area contributed by atoms with E-state index in [0.717, 1.165) is 6.42 Å². The normalized spacial score (nSPS) is 19.3. The molecule has 6 nitrogen and oxygen atoms in total. The number of hydrogen-bond acceptors (Lipinski definition) is 4. The Labute approximate surface area is 127 Å². The summed E-state index contributed by atoms with van der Waals surface area (Å²) in [5.41, 5.74) is 7.24. The van der Waals surface area contributed by atoms with Crippen LogP contribution in [0, 0.1) is 16.0 Å². The lowest BCUT2D eigenvalue weighted by atomic mass is 10.1. The van der Waals surface area contributed by atoms with Gasteiger partial charge >= 0.3 is 0 Å². The van der Waals surface area contributed by atoms with E-state index in [1.165, 1.54) is 17.7 Å². The first-order chi connectivity index (χ1) is 10.6. The van der Waals surface area contributed by atoms with E-state index < -0.39 is 4.92 Å². The van der Waals surface area contributed by atoms with Crippen LogP contribution in [0.5, 0.6) is 0 Å². The van der Waals surface area contributed by atoms with Crippen LogP contribution in [-0.4, -0.2) is 10.8 Å². The van der Waals surface area contributed by atoms with Crippen molar-refractivity contribution < 1.29 is 9.72 Å². The molecule has 1 aliphatic carbocycles. The highest BCUT2D eigenvalue weighted by Crippen LogP contribution is 2.47. The van der Waals surface area contributed by atoms with E-state index >= 15 is 0 Å². The van der Waals surface area contributed by atoms with E-state index in [9.17, 15) is 14.9 Å². The van der Waals surface area contributed by atoms with Gasteiger partial charge in [-0.25, -0.2) is 0 Å². The molecule has 0 aromatic heterocycles. The summed E-state index contributed by atoms with van der Waals surface area (Å²) in [6, 6.07) is 15.8. The lowest BCUT2D eigenvalue weighted by Crippen LogP contribution is -2.31. The maximum Gasteiger partial charge on any atom is 0.269 e. The number of hydrogen-bond donors (Lipinski definition) is 2. The van der Waals surface area contributed by atoms with Crippen molar-refractivity contribution in [1.82, 2.24) is 5.43 Å². The third-order valence-corrected chi connectivity index (χ3v) is 3.76. The summed E-state index contributed by atoms with van der Waals surface area (Å²) in [4.78, 5) is 22.2. The first kappa shape index (κ1) is 14.1. The molecule has 1 aliphatic rings. The molecule has 0 heterocycles. The number of carbonyl (C=O) groups excluding carboxylic acids is 1. The van der Waals surface area contributed by atoms with Crippen LogP contribution in [-0.2, 0) is 4.79 Å². The minimum absolute atomic E-state index is 0.0169. The SMILES string of the molecule is O=C(NNc1ccc([N+](=O)[O-])cc1)[C@@H]1C[C@@H]1c1ccccc1. The lowest BCUT2D eigenvalue weighted by molar-refractivity contribution is -0.384. The third kappa shape index (κ3) is 3.06. The van der Waals surface area contributed by atoms with Gasteiger partial charge in [0.2, 0.25) is 5.91 Å². The highest BCUT2D eigenvalue weighted by Gasteiger charge is 2.43. The standard InChI is InChI=1S/C16H15N3O3/c20-16(15-10-14(15)11-4-2-1-3-5-11)18-17-12-6-8-13(9-7-12)19(21)22/h1-9,14-15,17H,10H2,(H,18,20)/t14-,15-/m1/s1. The Balaban J connectivity index is 1.52. The zero-order chi connectivity index (χ0) is 15.5. The van der Waals surface area contributed by atoms with Crippen LogP contribution in [0.1, 0.15) is 17.9 Å². The lowest BCUT2D eigenvalue weighted by Gasteiger charge is -2.08. The van der Waals surface area contributed by atoms with Gasteiger partial charge in [-0.15, -0.1) is 0 Å². The minimum atomic E-state index is -0.461. The highest BCUT2D eigenvalue weighted by molar-refractivity contribution is 5.84. The van der Waals surface area contributed by atoms with Gasteiger partial charge in [0.15, 0.2) is 0 Å². The Morgan fingerprint density at radius 3 is 2.41 bits per heavy atom. The van der Waals surface area contributed by atoms with Gasteiger partial charge in [0.25, 0.3) is 5.69 Å². The third-order valence-electron chi connectivity index (χ3n) is 3.76. The van der Waals surface area contributed by atoms with E-state index in [4.69, 9.17) is 0 Å². The molecule has 6 heteroatoms. The number of benzene rings is 2. The van der Waals surface area contributed by atoms with E-state index in [2.05, 4.69) is 10.9 Å². The monoisotopic (exact) mass is 297 g/mol. The van der Waals surface area contributed by atoms with E-state index in [0.29, 0.717) is 5.69 Å². The van der Waals surface area contributed by atoms with Crippen LogP contribution >= 0.6 is 0 Å². The van der Waals surface area contributed by atoms with Gasteiger partial charge in [0.1, 0.15) is 0 Å². The average molecular weight is 297 g/mol. The molecule has 112 valence electrons. The van der Waals surface area contributed by atoms with Crippen molar-refractivity contribution in [2.75, 3.05) is 5.43 Å². The fraction of sp³-hybridized carbons (Fsp3) is 0.188. The summed E-state index contributed by atoms with van der Waals surface area (Å²) in [5, 5.41) is 10.6. The van der Waals surface area contributed by atoms with Crippen molar-refractivity contribution in [2.45, 2.75) is 12.3 Å². The van der Waals surface area contributed by atoms with Gasteiger partial charge < -0.3 is 0 Å². The first-order valence-corrected chi connectivity index (χ1v) is 7.00. The molecule has 0 unspecified atom stereocenters. The fourth-order valence-electron chi connectivity index (χ4n) is 2.45. The van der Waals surface area contributed by atoms with E-state index in [1.54, 1.807) is 12.1 Å². The van der Waals surface area contributed by atoms with Gasteiger partial charge in [-0.1, -0.05) is 30.3 Å². The first-order valence-electron chi connectivity index (χ1n) is 7.00. The van der Waals surface area contributed by atoms with Gasteiger partial charge in [-0.3, -0.25) is 25.8 Å². The molecule has 0 bridgehead atoms. The van der Waals surface area contributed by atoms with Crippen molar-refractivity contribution in [3.63, 3.8) is 0 Å². The largest absolute Gasteiger partial charge is 0.299 e. The number of nitrogens with one attached hydrogen (secondary N) is 2. The maximum absolute atomic E-state index is 12.1. The summed E-state index contributed by atoms with van der Waals surface area (Å²) in [6.07, 6.45) is 0.845. The molecule has 2 N–H and O–H groups in total. The maximum atomic E-state index is 12.1. The molecule has 1 saturated carbocycles. The molecule has 0 saturated heterocycles. The Morgan fingerprint density at radius 2 is 1.77 bits per heavy atom. The molecule has 1 fully saturated rings. The van der Waals surface area contributed by atoms with Crippen LogP contribution in [0.25, 0.3) is 0 Å². The molecule has 3 rings (SSSR count). The average Bonchev–Trinajstić information content (AvgIpc) is 3.34. The predicted octanol–water partition coefficient (Wildman–Crippen LogP) is 2.84. The second kappa shape index (κ2) is 5.85. The predicted molar refractivity (Wildman–Crippen MR) is 82.2 cm³/mol. The molecule has 2 aromatic rings. The number of nitro benzene ring substituents is 1. The van der Waals surface area contributed by atoms with E-state index in [1.807, 2.05) is 30.3 Å².